The molecular formula is C15H18BrNS. The van der Waals surface area contributed by atoms with Crippen molar-refractivity contribution in [1.82, 2.24) is 5.32 Å². The Morgan fingerprint density at radius 2 is 2.06 bits per heavy atom. The van der Waals surface area contributed by atoms with E-state index < -0.39 is 0 Å². The van der Waals surface area contributed by atoms with Gasteiger partial charge in [-0.05, 0) is 48.5 Å². The van der Waals surface area contributed by atoms with E-state index in [1.165, 1.54) is 20.5 Å². The maximum absolute atomic E-state index is 3.63. The van der Waals surface area contributed by atoms with Gasteiger partial charge < -0.3 is 5.32 Å². The molecule has 2 aromatic rings. The molecule has 0 saturated heterocycles. The fourth-order valence-electron chi connectivity index (χ4n) is 2.13. The molecule has 2 rings (SSSR count). The minimum absolute atomic E-state index is 0.411. The molecule has 3 heteroatoms. The first-order valence-electron chi connectivity index (χ1n) is 6.23. The van der Waals surface area contributed by atoms with E-state index in [0.29, 0.717) is 6.04 Å². The Morgan fingerprint density at radius 3 is 2.67 bits per heavy atom. The van der Waals surface area contributed by atoms with E-state index in [-0.39, 0.29) is 0 Å². The first kappa shape index (κ1) is 13.8. The number of halogens is 1. The van der Waals surface area contributed by atoms with Gasteiger partial charge in [-0.2, -0.15) is 0 Å². The maximum Gasteiger partial charge on any atom is 0.0458 e. The zero-order valence-corrected chi connectivity index (χ0v) is 13.1. The number of thiophene rings is 1. The van der Waals surface area contributed by atoms with Gasteiger partial charge in [-0.25, -0.2) is 0 Å². The van der Waals surface area contributed by atoms with Gasteiger partial charge >= 0.3 is 0 Å². The van der Waals surface area contributed by atoms with E-state index in [1.54, 1.807) is 0 Å². The van der Waals surface area contributed by atoms with E-state index in [1.807, 2.05) is 11.3 Å². The third-order valence-electron chi connectivity index (χ3n) is 3.05. The molecular weight excluding hydrogens is 306 g/mol. The van der Waals surface area contributed by atoms with E-state index in [9.17, 15) is 0 Å². The lowest BCUT2D eigenvalue weighted by Gasteiger charge is -2.18. The second kappa shape index (κ2) is 6.50. The van der Waals surface area contributed by atoms with E-state index in [4.69, 9.17) is 0 Å². The van der Waals surface area contributed by atoms with E-state index in [0.717, 1.165) is 13.0 Å². The monoisotopic (exact) mass is 323 g/mol. The van der Waals surface area contributed by atoms with Crippen molar-refractivity contribution in [2.75, 3.05) is 6.54 Å². The lowest BCUT2D eigenvalue weighted by atomic mass is 10.0. The SMILES string of the molecule is CCNC(Cc1ccccc1Br)c1sccc1C. The van der Waals surface area contributed by atoms with Crippen molar-refractivity contribution in [1.29, 1.82) is 0 Å². The topological polar surface area (TPSA) is 12.0 Å². The number of likely N-dealkylation sites (N-methyl/N-ethyl adjacent to an activating group) is 1. The van der Waals surface area contributed by atoms with Gasteiger partial charge in [-0.3, -0.25) is 0 Å². The van der Waals surface area contributed by atoms with Gasteiger partial charge in [-0.15, -0.1) is 11.3 Å². The summed E-state index contributed by atoms with van der Waals surface area (Å²) in [6, 6.07) is 11.1. The molecule has 1 aromatic heterocycles. The lowest BCUT2D eigenvalue weighted by molar-refractivity contribution is 0.555. The normalized spacial score (nSPS) is 12.6. The molecule has 1 heterocycles. The first-order valence-corrected chi connectivity index (χ1v) is 7.90. The molecule has 0 spiro atoms. The highest BCUT2D eigenvalue weighted by molar-refractivity contribution is 9.10. The predicted octanol–water partition coefficient (Wildman–Crippen LogP) is 4.71. The highest BCUT2D eigenvalue weighted by Crippen LogP contribution is 2.29. The first-order chi connectivity index (χ1) is 8.72. The quantitative estimate of drug-likeness (QED) is 0.840. The molecule has 0 fully saturated rings. The van der Waals surface area contributed by atoms with Crippen LogP contribution in [0.1, 0.15) is 29.0 Å². The van der Waals surface area contributed by atoms with Crippen molar-refractivity contribution in [3.8, 4) is 0 Å². The van der Waals surface area contributed by atoms with Crippen LogP contribution in [0.2, 0.25) is 0 Å². The summed E-state index contributed by atoms with van der Waals surface area (Å²) in [6.45, 7) is 5.35. The molecule has 0 bridgehead atoms. The van der Waals surface area contributed by atoms with Crippen LogP contribution < -0.4 is 5.32 Å². The number of hydrogen-bond acceptors (Lipinski definition) is 2. The third kappa shape index (κ3) is 3.22. The fraction of sp³-hybridized carbons (Fsp3) is 0.333. The molecule has 1 N–H and O–H groups in total. The minimum Gasteiger partial charge on any atom is -0.309 e. The lowest BCUT2D eigenvalue weighted by Crippen LogP contribution is -2.22. The summed E-state index contributed by atoms with van der Waals surface area (Å²) in [6.07, 6.45) is 1.02. The zero-order chi connectivity index (χ0) is 13.0. The average molecular weight is 324 g/mol. The smallest absolute Gasteiger partial charge is 0.0458 e. The van der Waals surface area contributed by atoms with Crippen LogP contribution in [0.4, 0.5) is 0 Å². The Balaban J connectivity index is 2.22. The number of rotatable bonds is 5. The molecule has 0 amide bonds. The Bertz CT molecular complexity index is 507. The largest absolute Gasteiger partial charge is 0.309 e. The highest BCUT2D eigenvalue weighted by atomic mass is 79.9. The van der Waals surface area contributed by atoms with Gasteiger partial charge in [0.2, 0.25) is 0 Å². The standard InChI is InChI=1S/C15H18BrNS/c1-3-17-14(15-11(2)8-9-18-15)10-12-6-4-5-7-13(12)16/h4-9,14,17H,3,10H2,1-2H3. The second-order valence-corrected chi connectivity index (χ2v) is 6.18. The van der Waals surface area contributed by atoms with Crippen molar-refractivity contribution >= 4 is 27.3 Å². The van der Waals surface area contributed by atoms with Gasteiger partial charge in [-0.1, -0.05) is 41.1 Å². The second-order valence-electron chi connectivity index (χ2n) is 4.37. The van der Waals surface area contributed by atoms with Crippen LogP contribution in [0.15, 0.2) is 40.2 Å². The number of aryl methyl sites for hydroxylation is 1. The molecule has 0 saturated carbocycles. The van der Waals surface area contributed by atoms with Crippen LogP contribution in [-0.4, -0.2) is 6.54 Å². The van der Waals surface area contributed by atoms with Crippen LogP contribution in [-0.2, 0) is 6.42 Å². The Kier molecular flexibility index (Phi) is 4.98. The van der Waals surface area contributed by atoms with Crippen molar-refractivity contribution in [2.45, 2.75) is 26.3 Å². The van der Waals surface area contributed by atoms with Crippen LogP contribution in [0.25, 0.3) is 0 Å². The number of benzene rings is 1. The van der Waals surface area contributed by atoms with Crippen LogP contribution >= 0.6 is 27.3 Å². The molecule has 1 nitrogen and oxygen atoms in total. The Morgan fingerprint density at radius 1 is 1.28 bits per heavy atom. The molecule has 1 unspecified atom stereocenters. The molecule has 0 aliphatic rings. The summed E-state index contributed by atoms with van der Waals surface area (Å²) in [5, 5.41) is 5.77. The van der Waals surface area contributed by atoms with E-state index >= 15 is 0 Å². The summed E-state index contributed by atoms with van der Waals surface area (Å²) >= 11 is 5.48. The van der Waals surface area contributed by atoms with Crippen LogP contribution in [0, 0.1) is 6.92 Å². The van der Waals surface area contributed by atoms with Gasteiger partial charge in [0.25, 0.3) is 0 Å². The van der Waals surface area contributed by atoms with Crippen LogP contribution in [0.3, 0.4) is 0 Å². The summed E-state index contributed by atoms with van der Waals surface area (Å²) in [7, 11) is 0. The maximum atomic E-state index is 3.63. The van der Waals surface area contributed by atoms with Crippen LogP contribution in [0.5, 0.6) is 0 Å². The van der Waals surface area contributed by atoms with Crippen molar-refractivity contribution in [3.63, 3.8) is 0 Å². The molecule has 0 aliphatic carbocycles. The number of nitrogens with one attached hydrogen (secondary N) is 1. The van der Waals surface area contributed by atoms with E-state index in [2.05, 4.69) is 70.8 Å². The average Bonchev–Trinajstić information content (AvgIpc) is 2.78. The number of hydrogen-bond donors (Lipinski definition) is 1. The molecule has 18 heavy (non-hydrogen) atoms. The molecule has 1 aromatic carbocycles. The molecule has 0 aliphatic heterocycles. The Hall–Kier alpha value is -0.640. The van der Waals surface area contributed by atoms with Gasteiger partial charge in [0, 0.05) is 15.4 Å². The van der Waals surface area contributed by atoms with Crippen molar-refractivity contribution < 1.29 is 0 Å². The molecule has 0 radical (unpaired) electrons. The van der Waals surface area contributed by atoms with Gasteiger partial charge in [0.15, 0.2) is 0 Å². The third-order valence-corrected chi connectivity index (χ3v) is 4.96. The summed E-state index contributed by atoms with van der Waals surface area (Å²) in [5.74, 6) is 0. The van der Waals surface area contributed by atoms with Gasteiger partial charge in [0.1, 0.15) is 0 Å². The van der Waals surface area contributed by atoms with Crippen molar-refractivity contribution in [2.24, 2.45) is 0 Å². The summed E-state index contributed by atoms with van der Waals surface area (Å²) < 4.78 is 1.20. The highest BCUT2D eigenvalue weighted by Gasteiger charge is 2.15. The summed E-state index contributed by atoms with van der Waals surface area (Å²) in [5.41, 5.74) is 2.74. The Labute approximate surface area is 121 Å². The van der Waals surface area contributed by atoms with Crippen molar-refractivity contribution in [3.05, 3.63) is 56.2 Å². The zero-order valence-electron chi connectivity index (χ0n) is 10.7. The predicted molar refractivity (Wildman–Crippen MR) is 83.3 cm³/mol. The summed E-state index contributed by atoms with van der Waals surface area (Å²) in [4.78, 5) is 1.45. The minimum atomic E-state index is 0.411. The fourth-order valence-corrected chi connectivity index (χ4v) is 3.58. The molecule has 96 valence electrons. The van der Waals surface area contributed by atoms with Gasteiger partial charge in [0.05, 0.1) is 0 Å². The molecule has 1 atom stereocenters.